The van der Waals surface area contributed by atoms with Crippen LogP contribution in [-0.2, 0) is 9.53 Å². The Kier molecular flexibility index (Phi) is 6.27. The van der Waals surface area contributed by atoms with Crippen molar-refractivity contribution in [1.82, 2.24) is 5.32 Å². The molecule has 2 aromatic carbocycles. The molecule has 1 amide bonds. The molecule has 1 fully saturated rings. The maximum atomic E-state index is 12.3. The molecule has 0 aliphatic heterocycles. The lowest BCUT2D eigenvalue weighted by Gasteiger charge is -2.21. The molecule has 0 aromatic heterocycles. The van der Waals surface area contributed by atoms with Gasteiger partial charge in [-0.3, -0.25) is 14.9 Å². The van der Waals surface area contributed by atoms with Gasteiger partial charge in [-0.2, -0.15) is 5.26 Å². The van der Waals surface area contributed by atoms with Gasteiger partial charge in [-0.05, 0) is 49.9 Å². The molecule has 2 N–H and O–H groups in total. The normalized spacial score (nSPS) is 14.4. The number of para-hydroxylation sites is 1. The summed E-state index contributed by atoms with van der Waals surface area (Å²) >= 11 is 0. The number of anilines is 2. The molecular weight excluding hydrogens is 388 g/mol. The number of carbonyl (C=O) groups excluding carboxylic acids is 2. The van der Waals surface area contributed by atoms with Gasteiger partial charge < -0.3 is 15.4 Å². The number of esters is 1. The van der Waals surface area contributed by atoms with Crippen molar-refractivity contribution >= 4 is 28.9 Å². The summed E-state index contributed by atoms with van der Waals surface area (Å²) in [5.74, 6) is -1.44. The van der Waals surface area contributed by atoms with E-state index in [0.29, 0.717) is 18.5 Å². The molecule has 9 heteroatoms. The van der Waals surface area contributed by atoms with Crippen molar-refractivity contribution in [2.75, 3.05) is 11.9 Å². The SMILES string of the molecule is N#CC1(NC(=O)COC(=O)c2ccc(Nc3ccccc3)c([N+](=O)[O-])c2)CCCC1. The third-order valence-corrected chi connectivity index (χ3v) is 4.87. The van der Waals surface area contributed by atoms with Gasteiger partial charge in [0.25, 0.3) is 11.6 Å². The summed E-state index contributed by atoms with van der Waals surface area (Å²) in [7, 11) is 0. The van der Waals surface area contributed by atoms with Crippen molar-refractivity contribution in [1.29, 1.82) is 5.26 Å². The van der Waals surface area contributed by atoms with Gasteiger partial charge in [0.05, 0.1) is 16.6 Å². The molecule has 0 unspecified atom stereocenters. The number of nitrogens with zero attached hydrogens (tertiary/aromatic N) is 2. The minimum absolute atomic E-state index is 0.0519. The maximum absolute atomic E-state index is 12.3. The fraction of sp³-hybridized carbons (Fsp3) is 0.286. The van der Waals surface area contributed by atoms with Crippen molar-refractivity contribution in [2.45, 2.75) is 31.2 Å². The Hall–Kier alpha value is -3.93. The summed E-state index contributed by atoms with van der Waals surface area (Å²) in [5, 5.41) is 26.3. The van der Waals surface area contributed by atoms with Crippen molar-refractivity contribution in [3.8, 4) is 6.07 Å². The van der Waals surface area contributed by atoms with Crippen LogP contribution in [0.25, 0.3) is 0 Å². The highest BCUT2D eigenvalue weighted by Crippen LogP contribution is 2.30. The van der Waals surface area contributed by atoms with E-state index in [4.69, 9.17) is 4.74 Å². The molecule has 1 aliphatic rings. The number of nitrogens with one attached hydrogen (secondary N) is 2. The number of nitro benzene ring substituents is 1. The lowest BCUT2D eigenvalue weighted by Crippen LogP contribution is -2.46. The molecule has 0 radical (unpaired) electrons. The molecule has 30 heavy (non-hydrogen) atoms. The summed E-state index contributed by atoms with van der Waals surface area (Å²) in [6.45, 7) is -0.569. The summed E-state index contributed by atoms with van der Waals surface area (Å²) in [5.41, 5.74) is -0.382. The van der Waals surface area contributed by atoms with Crippen LogP contribution in [0.4, 0.5) is 17.1 Å². The van der Waals surface area contributed by atoms with Crippen LogP contribution in [0.3, 0.4) is 0 Å². The van der Waals surface area contributed by atoms with Gasteiger partial charge in [0.1, 0.15) is 11.2 Å². The van der Waals surface area contributed by atoms with E-state index in [2.05, 4.69) is 16.7 Å². The van der Waals surface area contributed by atoms with Crippen LogP contribution in [0.1, 0.15) is 36.0 Å². The molecule has 2 aromatic rings. The largest absolute Gasteiger partial charge is 0.452 e. The first-order valence-corrected chi connectivity index (χ1v) is 9.42. The second-order valence-corrected chi connectivity index (χ2v) is 7.01. The summed E-state index contributed by atoms with van der Waals surface area (Å²) < 4.78 is 4.98. The van der Waals surface area contributed by atoms with E-state index in [-0.39, 0.29) is 16.9 Å². The fourth-order valence-electron chi connectivity index (χ4n) is 3.35. The van der Waals surface area contributed by atoms with E-state index in [0.717, 1.165) is 18.9 Å². The smallest absolute Gasteiger partial charge is 0.338 e. The summed E-state index contributed by atoms with van der Waals surface area (Å²) in [4.78, 5) is 35.2. The minimum atomic E-state index is -0.910. The van der Waals surface area contributed by atoms with Crippen LogP contribution < -0.4 is 10.6 Å². The number of hydrogen-bond acceptors (Lipinski definition) is 7. The van der Waals surface area contributed by atoms with Crippen molar-refractivity contribution < 1.29 is 19.2 Å². The van der Waals surface area contributed by atoms with E-state index >= 15 is 0 Å². The Morgan fingerprint density at radius 1 is 1.17 bits per heavy atom. The molecule has 154 valence electrons. The van der Waals surface area contributed by atoms with Crippen molar-refractivity contribution in [3.05, 3.63) is 64.2 Å². The molecule has 3 rings (SSSR count). The number of nitro groups is 1. The number of benzene rings is 2. The highest BCUT2D eigenvalue weighted by Gasteiger charge is 2.35. The predicted octanol–water partition coefficient (Wildman–Crippen LogP) is 3.45. The van der Waals surface area contributed by atoms with Gasteiger partial charge in [-0.25, -0.2) is 4.79 Å². The van der Waals surface area contributed by atoms with Crippen LogP contribution in [0, 0.1) is 21.4 Å². The Labute approximate surface area is 172 Å². The highest BCUT2D eigenvalue weighted by atomic mass is 16.6. The number of ether oxygens (including phenoxy) is 1. The van der Waals surface area contributed by atoms with E-state index in [1.165, 1.54) is 12.1 Å². The molecule has 0 saturated heterocycles. The van der Waals surface area contributed by atoms with Crippen LogP contribution >= 0.6 is 0 Å². The van der Waals surface area contributed by atoms with Crippen LogP contribution in [-0.4, -0.2) is 28.9 Å². The monoisotopic (exact) mass is 408 g/mol. The molecule has 0 atom stereocenters. The number of carbonyl (C=O) groups is 2. The van der Waals surface area contributed by atoms with E-state index in [9.17, 15) is 25.0 Å². The van der Waals surface area contributed by atoms with Gasteiger partial charge >= 0.3 is 5.97 Å². The summed E-state index contributed by atoms with van der Waals surface area (Å²) in [6, 6.07) is 14.9. The Morgan fingerprint density at radius 3 is 2.50 bits per heavy atom. The molecular formula is C21H20N4O5. The van der Waals surface area contributed by atoms with Crippen LogP contribution in [0.15, 0.2) is 48.5 Å². The molecule has 1 aliphatic carbocycles. The van der Waals surface area contributed by atoms with Crippen molar-refractivity contribution in [3.63, 3.8) is 0 Å². The zero-order valence-electron chi connectivity index (χ0n) is 16.1. The minimum Gasteiger partial charge on any atom is -0.452 e. The Morgan fingerprint density at radius 2 is 1.87 bits per heavy atom. The third kappa shape index (κ3) is 4.91. The van der Waals surface area contributed by atoms with Gasteiger partial charge in [-0.1, -0.05) is 18.2 Å². The lowest BCUT2D eigenvalue weighted by atomic mass is 10.00. The van der Waals surface area contributed by atoms with Gasteiger partial charge in [-0.15, -0.1) is 0 Å². The average molecular weight is 408 g/mol. The highest BCUT2D eigenvalue weighted by molar-refractivity contribution is 5.93. The molecule has 0 bridgehead atoms. The van der Waals surface area contributed by atoms with Gasteiger partial charge in [0.15, 0.2) is 6.61 Å². The van der Waals surface area contributed by atoms with Crippen LogP contribution in [0.5, 0.6) is 0 Å². The van der Waals surface area contributed by atoms with E-state index < -0.39 is 28.9 Å². The maximum Gasteiger partial charge on any atom is 0.338 e. The van der Waals surface area contributed by atoms with Gasteiger partial charge in [0.2, 0.25) is 0 Å². The molecule has 1 saturated carbocycles. The lowest BCUT2D eigenvalue weighted by molar-refractivity contribution is -0.383. The quantitative estimate of drug-likeness (QED) is 0.407. The topological polar surface area (TPSA) is 134 Å². The molecule has 0 heterocycles. The Bertz CT molecular complexity index is 994. The third-order valence-electron chi connectivity index (χ3n) is 4.87. The predicted molar refractivity (Wildman–Crippen MR) is 108 cm³/mol. The number of amides is 1. The standard InChI is InChI=1S/C21H20N4O5/c22-14-21(10-4-5-11-21)24-19(26)13-30-20(27)15-8-9-17(18(12-15)25(28)29)23-16-6-2-1-3-7-16/h1-3,6-9,12,23H,4-5,10-11,13H2,(H,24,26). The second-order valence-electron chi connectivity index (χ2n) is 7.01. The average Bonchev–Trinajstić information content (AvgIpc) is 3.21. The number of hydrogen-bond donors (Lipinski definition) is 2. The fourth-order valence-corrected chi connectivity index (χ4v) is 3.35. The zero-order valence-corrected chi connectivity index (χ0v) is 16.1. The van der Waals surface area contributed by atoms with Gasteiger partial charge in [0, 0.05) is 11.8 Å². The second kappa shape index (κ2) is 9.05. The zero-order chi connectivity index (χ0) is 21.6. The van der Waals surface area contributed by atoms with E-state index in [1.807, 2.05) is 6.07 Å². The first-order valence-electron chi connectivity index (χ1n) is 9.42. The Balaban J connectivity index is 1.65. The van der Waals surface area contributed by atoms with E-state index in [1.54, 1.807) is 24.3 Å². The molecule has 9 nitrogen and oxygen atoms in total. The van der Waals surface area contributed by atoms with Crippen LogP contribution in [0.2, 0.25) is 0 Å². The summed E-state index contributed by atoms with van der Waals surface area (Å²) in [6.07, 6.45) is 2.82. The number of nitriles is 1. The first kappa shape index (κ1) is 20.8. The first-order chi connectivity index (χ1) is 14.4. The number of rotatable bonds is 7. The van der Waals surface area contributed by atoms with Crippen molar-refractivity contribution in [2.24, 2.45) is 0 Å². The molecule has 0 spiro atoms.